The summed E-state index contributed by atoms with van der Waals surface area (Å²) in [6.07, 6.45) is 8.12. The quantitative estimate of drug-likeness (QED) is 0.153. The molecule has 0 radical (unpaired) electrons. The normalized spacial score (nSPS) is 16.8. The van der Waals surface area contributed by atoms with Crippen LogP contribution in [0, 0.1) is 11.6 Å². The summed E-state index contributed by atoms with van der Waals surface area (Å²) < 4.78 is 59.2. The molecule has 6 aromatic rings. The molecule has 0 atom stereocenters. The fourth-order valence-corrected chi connectivity index (χ4v) is 9.27. The van der Waals surface area contributed by atoms with E-state index in [1.165, 1.54) is 30.5 Å². The maximum absolute atomic E-state index is 15.5. The number of carbonyl (C=O) groups excluding carboxylic acids is 4. The number of nitrogens with one attached hydrogen (secondary N) is 3. The van der Waals surface area contributed by atoms with Gasteiger partial charge < -0.3 is 14.8 Å². The number of aryl methyl sites for hydroxylation is 1. The molecule has 0 aliphatic carbocycles. The van der Waals surface area contributed by atoms with Crippen molar-refractivity contribution in [2.75, 3.05) is 66.9 Å². The summed E-state index contributed by atoms with van der Waals surface area (Å²) in [5, 5.41) is 7.21. The molecule has 4 amide bonds. The predicted molar refractivity (Wildman–Crippen MR) is 238 cm³/mol. The fraction of sp³-hybridized carbons (Fsp3) is 0.364. The van der Waals surface area contributed by atoms with Gasteiger partial charge in [-0.1, -0.05) is 6.07 Å². The number of piperazine rings is 1. The van der Waals surface area contributed by atoms with Crippen LogP contribution in [0.5, 0.6) is 0 Å². The number of nitrogens with zero attached hydrogens (tertiary/aromatic N) is 9. The number of hydrogen-bond donors (Lipinski definition) is 3. The van der Waals surface area contributed by atoms with Gasteiger partial charge in [0.1, 0.15) is 11.5 Å². The molecule has 18 nitrogen and oxygen atoms in total. The molecular formula is C44H46F2N12O6S. The molecule has 0 unspecified atom stereocenters. The number of imide groups is 1. The van der Waals surface area contributed by atoms with Crippen molar-refractivity contribution in [2.45, 2.75) is 44.3 Å². The molecule has 0 spiro atoms. The number of anilines is 3. The van der Waals surface area contributed by atoms with E-state index in [1.807, 2.05) is 22.9 Å². The van der Waals surface area contributed by atoms with Gasteiger partial charge in [0.05, 0.1) is 28.6 Å². The Hall–Kier alpha value is -6.87. The van der Waals surface area contributed by atoms with E-state index >= 15 is 4.39 Å². The molecule has 4 aromatic heterocycles. The Labute approximate surface area is 372 Å². The van der Waals surface area contributed by atoms with Crippen molar-refractivity contribution in [3.8, 4) is 11.1 Å². The molecule has 7 heterocycles. The molecular weight excluding hydrogens is 863 g/mol. The van der Waals surface area contributed by atoms with Crippen LogP contribution in [0.25, 0.3) is 33.1 Å². The summed E-state index contributed by atoms with van der Waals surface area (Å²) in [5.74, 6) is -2.35. The molecule has 0 saturated carbocycles. The van der Waals surface area contributed by atoms with E-state index in [1.54, 1.807) is 29.3 Å². The third kappa shape index (κ3) is 8.48. The average molecular weight is 909 g/mol. The third-order valence-electron chi connectivity index (χ3n) is 12.4. The number of carbonyl (C=O) groups is 4. The zero-order chi connectivity index (χ0) is 45.7. The highest BCUT2D eigenvalue weighted by atomic mass is 32.2. The van der Waals surface area contributed by atoms with Crippen molar-refractivity contribution < 1.29 is 36.4 Å². The van der Waals surface area contributed by atoms with Crippen molar-refractivity contribution in [3.05, 3.63) is 89.5 Å². The number of pyridine rings is 1. The van der Waals surface area contributed by atoms with Gasteiger partial charge in [-0.25, -0.2) is 36.9 Å². The summed E-state index contributed by atoms with van der Waals surface area (Å²) in [6, 6.07) is 9.16. The highest BCUT2D eigenvalue weighted by Crippen LogP contribution is 2.34. The average Bonchev–Trinajstić information content (AvgIpc) is 3.87. The van der Waals surface area contributed by atoms with Crippen LogP contribution in [0.3, 0.4) is 0 Å². The molecule has 338 valence electrons. The van der Waals surface area contributed by atoms with Gasteiger partial charge in [0.2, 0.25) is 33.6 Å². The van der Waals surface area contributed by atoms with Crippen molar-refractivity contribution >= 4 is 73.0 Å². The zero-order valence-corrected chi connectivity index (χ0v) is 36.7. The number of amides is 4. The van der Waals surface area contributed by atoms with Gasteiger partial charge in [-0.15, -0.1) is 0 Å². The monoisotopic (exact) mass is 908 g/mol. The smallest absolute Gasteiger partial charge is 0.329 e. The second kappa shape index (κ2) is 17.3. The Morgan fingerprint density at radius 2 is 1.62 bits per heavy atom. The highest BCUT2D eigenvalue weighted by Gasteiger charge is 2.31. The van der Waals surface area contributed by atoms with Gasteiger partial charge in [-0.2, -0.15) is 5.10 Å². The van der Waals surface area contributed by atoms with E-state index in [0.29, 0.717) is 72.6 Å². The van der Waals surface area contributed by atoms with E-state index in [0.717, 1.165) is 49.0 Å². The first-order chi connectivity index (χ1) is 31.1. The molecule has 9 rings (SSSR count). The first-order valence-corrected chi connectivity index (χ1v) is 22.9. The van der Waals surface area contributed by atoms with Gasteiger partial charge in [0.15, 0.2) is 11.6 Å². The largest absolute Gasteiger partial charge is 0.345 e. The highest BCUT2D eigenvalue weighted by molar-refractivity contribution is 7.93. The number of aromatic nitrogens is 6. The van der Waals surface area contributed by atoms with Gasteiger partial charge in [0.25, 0.3) is 0 Å². The van der Waals surface area contributed by atoms with Crippen LogP contribution in [0.15, 0.2) is 61.2 Å². The number of likely N-dealkylation sites (tertiary alicyclic amines) is 1. The molecule has 3 fully saturated rings. The lowest BCUT2D eigenvalue weighted by atomic mass is 9.89. The lowest BCUT2D eigenvalue weighted by molar-refractivity contribution is -0.133. The Morgan fingerprint density at radius 1 is 0.892 bits per heavy atom. The summed E-state index contributed by atoms with van der Waals surface area (Å²) >= 11 is 0. The predicted octanol–water partition coefficient (Wildman–Crippen LogP) is 4.54. The van der Waals surface area contributed by atoms with E-state index in [2.05, 4.69) is 52.1 Å². The van der Waals surface area contributed by atoms with Gasteiger partial charge in [0, 0.05) is 98.4 Å². The Balaban J connectivity index is 0.787. The van der Waals surface area contributed by atoms with E-state index < -0.39 is 50.0 Å². The van der Waals surface area contributed by atoms with E-state index in [-0.39, 0.29) is 30.3 Å². The number of urea groups is 1. The minimum atomic E-state index is -3.98. The summed E-state index contributed by atoms with van der Waals surface area (Å²) in [4.78, 5) is 75.2. The second-order valence-corrected chi connectivity index (χ2v) is 19.0. The number of fused-ring (bicyclic) bond motifs is 2. The number of ketones is 1. The van der Waals surface area contributed by atoms with Crippen molar-refractivity contribution in [1.29, 1.82) is 0 Å². The Morgan fingerprint density at radius 3 is 2.32 bits per heavy atom. The number of rotatable bonds is 11. The summed E-state index contributed by atoms with van der Waals surface area (Å²) in [5.41, 5.74) is 2.02. The van der Waals surface area contributed by atoms with Crippen LogP contribution in [0.2, 0.25) is 0 Å². The van der Waals surface area contributed by atoms with Gasteiger partial charge in [-0.05, 0) is 81.6 Å². The number of halogens is 2. The van der Waals surface area contributed by atoms with Crippen LogP contribution in [0.4, 0.5) is 31.0 Å². The fourth-order valence-electron chi connectivity index (χ4n) is 8.57. The number of hydrogen-bond acceptors (Lipinski definition) is 12. The molecule has 2 aromatic carbocycles. The van der Waals surface area contributed by atoms with Crippen molar-refractivity contribution in [3.63, 3.8) is 0 Å². The Kier molecular flexibility index (Phi) is 11.5. The van der Waals surface area contributed by atoms with Gasteiger partial charge >= 0.3 is 6.03 Å². The molecule has 3 N–H and O–H groups in total. The lowest BCUT2D eigenvalue weighted by Gasteiger charge is -2.37. The minimum Gasteiger partial charge on any atom is -0.345 e. The maximum atomic E-state index is 15.5. The molecule has 65 heavy (non-hydrogen) atoms. The van der Waals surface area contributed by atoms with Crippen LogP contribution in [-0.2, 0) is 26.7 Å². The topological polar surface area (TPSA) is 212 Å². The molecule has 0 bridgehead atoms. The number of sulfonamides is 1. The van der Waals surface area contributed by atoms with Gasteiger partial charge in [-0.3, -0.25) is 38.9 Å². The van der Waals surface area contributed by atoms with Crippen LogP contribution in [-0.4, -0.2) is 129 Å². The van der Waals surface area contributed by atoms with Crippen molar-refractivity contribution in [2.24, 2.45) is 7.05 Å². The van der Waals surface area contributed by atoms with Crippen LogP contribution >= 0.6 is 0 Å². The van der Waals surface area contributed by atoms with Crippen LogP contribution < -0.4 is 19.8 Å². The van der Waals surface area contributed by atoms with Crippen molar-refractivity contribution in [1.82, 2.24) is 44.8 Å². The third-order valence-corrected chi connectivity index (χ3v) is 14.2. The second-order valence-electron chi connectivity index (χ2n) is 16.8. The number of aromatic amines is 1. The maximum Gasteiger partial charge on any atom is 0.329 e. The number of H-pyrrole nitrogens is 1. The van der Waals surface area contributed by atoms with Crippen LogP contribution in [0.1, 0.15) is 60.5 Å². The molecule has 3 aliphatic heterocycles. The minimum absolute atomic E-state index is 0.0622. The summed E-state index contributed by atoms with van der Waals surface area (Å²) in [6.45, 7) is 7.11. The molecule has 3 saturated heterocycles. The SMILES string of the molecule is CC(C)S(=O)(=O)Nc1ccc(F)c(C(=O)c2c[nH]c3ncc(-c4cnc(N5CCN(C(=O)CN6CCC(c7ccc8c(N9CCC(=O)NC9=O)nn(C)c8c7)CC6)CC5)nc4)cc23)c1F. The number of benzene rings is 2. The molecule has 3 aliphatic rings. The Bertz CT molecular complexity index is 2980. The standard InChI is InChI=1S/C44H46F2N12O6S/c1-25(2)65(63,64)53-34-7-6-33(45)38(39(34)46)40(61)32-23-48-41-31(32)18-28(20-47-41)29-21-49-43(50-22-29)57-16-14-56(15-17-57)37(60)24-55-11-8-26(9-12-55)27-4-5-30-35(19-27)54(3)52-42(30)58-13-10-36(59)51-44(58)62/h4-7,18-23,25-26,53H,8-17,24H2,1-3H3,(H,47,48)(H,51,59,62). The first-order valence-electron chi connectivity index (χ1n) is 21.3. The lowest BCUT2D eigenvalue weighted by Crippen LogP contribution is -2.52. The number of piperidine rings is 1. The molecule has 21 heteroatoms. The van der Waals surface area contributed by atoms with E-state index in [9.17, 15) is 32.0 Å². The van der Waals surface area contributed by atoms with E-state index in [4.69, 9.17) is 0 Å². The first kappa shape index (κ1) is 43.4. The zero-order valence-electron chi connectivity index (χ0n) is 35.8. The summed E-state index contributed by atoms with van der Waals surface area (Å²) in [7, 11) is -2.13.